The second-order valence-electron chi connectivity index (χ2n) is 4.75. The summed E-state index contributed by atoms with van der Waals surface area (Å²) in [5.74, 6) is 0.869. The Morgan fingerprint density at radius 3 is 2.65 bits per heavy atom. The van der Waals surface area contributed by atoms with E-state index in [1.54, 1.807) is 6.20 Å². The molecule has 0 aliphatic heterocycles. The van der Waals surface area contributed by atoms with Gasteiger partial charge in [0.2, 0.25) is 0 Å². The summed E-state index contributed by atoms with van der Waals surface area (Å²) in [6, 6.07) is 1.97. The highest BCUT2D eigenvalue weighted by molar-refractivity contribution is 9.11. The van der Waals surface area contributed by atoms with Crippen molar-refractivity contribution < 1.29 is 5.11 Å². The minimum Gasteiger partial charge on any atom is -0.388 e. The fraction of sp³-hybridized carbons (Fsp3) is 0.583. The summed E-state index contributed by atoms with van der Waals surface area (Å²) in [4.78, 5) is 6.39. The SMILES string of the molecule is CN(CC1(O)CCCC1)c1ncc(Br)cc1Br. The first-order valence-electron chi connectivity index (χ1n) is 5.75. The van der Waals surface area contributed by atoms with Gasteiger partial charge in [-0.25, -0.2) is 4.98 Å². The molecule has 0 atom stereocenters. The molecule has 0 bridgehead atoms. The minimum absolute atomic E-state index is 0.539. The molecule has 3 nitrogen and oxygen atoms in total. The zero-order valence-corrected chi connectivity index (χ0v) is 13.0. The van der Waals surface area contributed by atoms with Crippen LogP contribution in [0.15, 0.2) is 21.2 Å². The molecule has 1 aromatic heterocycles. The molecule has 1 fully saturated rings. The van der Waals surface area contributed by atoms with Crippen molar-refractivity contribution in [1.29, 1.82) is 0 Å². The van der Waals surface area contributed by atoms with Crippen molar-refractivity contribution in [3.05, 3.63) is 21.2 Å². The summed E-state index contributed by atoms with van der Waals surface area (Å²) in [5.41, 5.74) is -0.539. The Morgan fingerprint density at radius 1 is 1.41 bits per heavy atom. The first-order valence-corrected chi connectivity index (χ1v) is 7.33. The molecular weight excluding hydrogens is 348 g/mol. The Hall–Kier alpha value is -0.130. The Balaban J connectivity index is 2.11. The Labute approximate surface area is 118 Å². The van der Waals surface area contributed by atoms with E-state index in [1.807, 2.05) is 18.0 Å². The van der Waals surface area contributed by atoms with Gasteiger partial charge in [-0.2, -0.15) is 0 Å². The van der Waals surface area contributed by atoms with Gasteiger partial charge in [-0.1, -0.05) is 12.8 Å². The number of halogens is 2. The third-order valence-electron chi connectivity index (χ3n) is 3.22. The van der Waals surface area contributed by atoms with Gasteiger partial charge in [0.05, 0.1) is 10.1 Å². The van der Waals surface area contributed by atoms with E-state index in [4.69, 9.17) is 0 Å². The Kier molecular flexibility index (Phi) is 4.10. The molecule has 0 saturated heterocycles. The van der Waals surface area contributed by atoms with Crippen molar-refractivity contribution in [1.82, 2.24) is 4.98 Å². The number of rotatable bonds is 3. The normalized spacial score (nSPS) is 18.4. The van der Waals surface area contributed by atoms with Crippen LogP contribution in [0, 0.1) is 0 Å². The number of hydrogen-bond acceptors (Lipinski definition) is 3. The highest BCUT2D eigenvalue weighted by Crippen LogP contribution is 2.32. The minimum atomic E-state index is -0.539. The van der Waals surface area contributed by atoms with Crippen molar-refractivity contribution in [3.63, 3.8) is 0 Å². The van der Waals surface area contributed by atoms with Crippen LogP contribution in [0.1, 0.15) is 25.7 Å². The lowest BCUT2D eigenvalue weighted by Crippen LogP contribution is -2.39. The molecule has 17 heavy (non-hydrogen) atoms. The van der Waals surface area contributed by atoms with E-state index in [9.17, 15) is 5.11 Å². The van der Waals surface area contributed by atoms with Crippen molar-refractivity contribution in [3.8, 4) is 0 Å². The van der Waals surface area contributed by atoms with Crippen molar-refractivity contribution in [2.24, 2.45) is 0 Å². The predicted molar refractivity (Wildman–Crippen MR) is 76.3 cm³/mol. The number of pyridine rings is 1. The van der Waals surface area contributed by atoms with Crippen LogP contribution in [-0.2, 0) is 0 Å². The molecule has 0 unspecified atom stereocenters. The third kappa shape index (κ3) is 3.20. The zero-order chi connectivity index (χ0) is 12.5. The summed E-state index contributed by atoms with van der Waals surface area (Å²) in [6.07, 6.45) is 5.81. The van der Waals surface area contributed by atoms with Gasteiger partial charge in [0, 0.05) is 24.3 Å². The van der Waals surface area contributed by atoms with E-state index in [0.29, 0.717) is 6.54 Å². The maximum atomic E-state index is 10.4. The van der Waals surface area contributed by atoms with Crippen LogP contribution < -0.4 is 4.90 Å². The van der Waals surface area contributed by atoms with Crippen LogP contribution in [-0.4, -0.2) is 29.3 Å². The van der Waals surface area contributed by atoms with Crippen LogP contribution in [0.5, 0.6) is 0 Å². The first kappa shape index (κ1) is 13.3. The molecule has 5 heteroatoms. The lowest BCUT2D eigenvalue weighted by Gasteiger charge is -2.29. The molecule has 1 N–H and O–H groups in total. The Morgan fingerprint density at radius 2 is 2.06 bits per heavy atom. The molecule has 1 heterocycles. The van der Waals surface area contributed by atoms with Gasteiger partial charge >= 0.3 is 0 Å². The monoisotopic (exact) mass is 362 g/mol. The quantitative estimate of drug-likeness (QED) is 0.894. The van der Waals surface area contributed by atoms with E-state index in [-0.39, 0.29) is 0 Å². The number of hydrogen-bond donors (Lipinski definition) is 1. The van der Waals surface area contributed by atoms with Crippen LogP contribution in [0.2, 0.25) is 0 Å². The van der Waals surface area contributed by atoms with E-state index < -0.39 is 5.60 Å². The van der Waals surface area contributed by atoms with E-state index >= 15 is 0 Å². The van der Waals surface area contributed by atoms with Crippen LogP contribution in [0.4, 0.5) is 5.82 Å². The fourth-order valence-corrected chi connectivity index (χ4v) is 3.69. The van der Waals surface area contributed by atoms with Gasteiger partial charge in [-0.15, -0.1) is 0 Å². The second kappa shape index (κ2) is 5.24. The van der Waals surface area contributed by atoms with E-state index in [1.165, 1.54) is 0 Å². The Bertz CT molecular complexity index is 405. The summed E-state index contributed by atoms with van der Waals surface area (Å²) in [7, 11) is 1.97. The predicted octanol–water partition coefficient (Wildman–Crippen LogP) is 3.35. The first-order chi connectivity index (χ1) is 8.00. The maximum Gasteiger partial charge on any atom is 0.142 e. The molecule has 1 aromatic rings. The zero-order valence-electron chi connectivity index (χ0n) is 9.79. The van der Waals surface area contributed by atoms with Gasteiger partial charge in [-0.05, 0) is 50.8 Å². The molecule has 0 radical (unpaired) electrons. The molecule has 1 saturated carbocycles. The molecule has 94 valence electrons. The van der Waals surface area contributed by atoms with Gasteiger partial charge < -0.3 is 10.0 Å². The summed E-state index contributed by atoms with van der Waals surface area (Å²) in [6.45, 7) is 0.639. The van der Waals surface area contributed by atoms with Crippen molar-refractivity contribution >= 4 is 37.7 Å². The average molecular weight is 364 g/mol. The van der Waals surface area contributed by atoms with Gasteiger partial charge in [-0.3, -0.25) is 0 Å². The van der Waals surface area contributed by atoms with Crippen LogP contribution in [0.3, 0.4) is 0 Å². The number of aliphatic hydroxyl groups is 1. The molecule has 1 aliphatic rings. The molecular formula is C12H16Br2N2O. The molecule has 0 aromatic carbocycles. The lowest BCUT2D eigenvalue weighted by molar-refractivity contribution is 0.0557. The number of likely N-dealkylation sites (N-methyl/N-ethyl adjacent to an activating group) is 1. The van der Waals surface area contributed by atoms with E-state index in [0.717, 1.165) is 40.4 Å². The highest BCUT2D eigenvalue weighted by atomic mass is 79.9. The smallest absolute Gasteiger partial charge is 0.142 e. The van der Waals surface area contributed by atoms with Gasteiger partial charge in [0.15, 0.2) is 0 Å². The maximum absolute atomic E-state index is 10.4. The standard InChI is InChI=1S/C12H16Br2N2O/c1-16(8-12(17)4-2-3-5-12)11-10(14)6-9(13)7-15-11/h6-7,17H,2-5,8H2,1H3. The number of aromatic nitrogens is 1. The topological polar surface area (TPSA) is 36.4 Å². The van der Waals surface area contributed by atoms with Crippen LogP contribution >= 0.6 is 31.9 Å². The fourth-order valence-electron chi connectivity index (χ4n) is 2.40. The second-order valence-corrected chi connectivity index (χ2v) is 6.52. The summed E-state index contributed by atoms with van der Waals surface area (Å²) < 4.78 is 1.89. The lowest BCUT2D eigenvalue weighted by atomic mass is 10.0. The molecule has 0 amide bonds. The summed E-state index contributed by atoms with van der Waals surface area (Å²) in [5, 5.41) is 10.4. The highest BCUT2D eigenvalue weighted by Gasteiger charge is 2.32. The van der Waals surface area contributed by atoms with E-state index in [2.05, 4.69) is 36.8 Å². The van der Waals surface area contributed by atoms with Crippen LogP contribution in [0.25, 0.3) is 0 Å². The van der Waals surface area contributed by atoms with Crippen molar-refractivity contribution in [2.45, 2.75) is 31.3 Å². The molecule has 0 spiro atoms. The van der Waals surface area contributed by atoms with Gasteiger partial charge in [0.1, 0.15) is 5.82 Å². The molecule has 2 rings (SSSR count). The number of anilines is 1. The molecule has 1 aliphatic carbocycles. The largest absolute Gasteiger partial charge is 0.388 e. The average Bonchev–Trinajstić information content (AvgIpc) is 2.64. The number of nitrogens with zero attached hydrogens (tertiary/aromatic N) is 2. The van der Waals surface area contributed by atoms with Crippen molar-refractivity contribution in [2.75, 3.05) is 18.5 Å². The third-order valence-corrected chi connectivity index (χ3v) is 4.23. The summed E-state index contributed by atoms with van der Waals surface area (Å²) >= 11 is 6.88. The van der Waals surface area contributed by atoms with Gasteiger partial charge in [0.25, 0.3) is 0 Å².